The minimum atomic E-state index is -0.272. The van der Waals surface area contributed by atoms with Crippen LogP contribution in [0.25, 0.3) is 11.3 Å². The highest BCUT2D eigenvalue weighted by molar-refractivity contribution is 9.10. The Hall–Kier alpha value is -2.47. The molecule has 0 atom stereocenters. The molecule has 0 fully saturated rings. The van der Waals surface area contributed by atoms with Crippen LogP contribution in [0.2, 0.25) is 0 Å². The lowest BCUT2D eigenvalue weighted by atomic mass is 10.1. The van der Waals surface area contributed by atoms with E-state index < -0.39 is 0 Å². The second-order valence-corrected chi connectivity index (χ2v) is 5.32. The molecule has 3 heterocycles. The average molecular weight is 358 g/mol. The molecule has 0 saturated heterocycles. The van der Waals surface area contributed by atoms with E-state index >= 15 is 0 Å². The number of furan rings is 1. The Bertz CT molecular complexity index is 787. The molecule has 1 amide bonds. The third-order valence-corrected chi connectivity index (χ3v) is 3.49. The van der Waals surface area contributed by atoms with Crippen LogP contribution in [-0.2, 0) is 6.54 Å². The van der Waals surface area contributed by atoms with Crippen LogP contribution in [0, 0.1) is 0 Å². The van der Waals surface area contributed by atoms with Gasteiger partial charge in [0.2, 0.25) is 0 Å². The van der Waals surface area contributed by atoms with Gasteiger partial charge in [0.25, 0.3) is 5.91 Å². The van der Waals surface area contributed by atoms with E-state index in [1.54, 1.807) is 30.7 Å². The zero-order chi connectivity index (χ0) is 15.4. The molecule has 0 aliphatic heterocycles. The van der Waals surface area contributed by atoms with Gasteiger partial charge in [-0.25, -0.2) is 0 Å². The molecule has 0 aromatic carbocycles. The van der Waals surface area contributed by atoms with E-state index in [1.165, 1.54) is 0 Å². The second kappa shape index (κ2) is 6.53. The van der Waals surface area contributed by atoms with Crippen LogP contribution in [0.4, 0.5) is 0 Å². The van der Waals surface area contributed by atoms with E-state index in [0.717, 1.165) is 16.8 Å². The average Bonchev–Trinajstić information content (AvgIpc) is 3.00. The van der Waals surface area contributed by atoms with Gasteiger partial charge >= 0.3 is 0 Å². The summed E-state index contributed by atoms with van der Waals surface area (Å²) in [6.45, 7) is 0.356. The molecule has 22 heavy (non-hydrogen) atoms. The van der Waals surface area contributed by atoms with Gasteiger partial charge in [-0.2, -0.15) is 0 Å². The molecule has 0 bridgehead atoms. The molecule has 0 aliphatic rings. The molecule has 1 N–H and O–H groups in total. The Balaban J connectivity index is 1.77. The van der Waals surface area contributed by atoms with Crippen molar-refractivity contribution in [2.24, 2.45) is 0 Å². The van der Waals surface area contributed by atoms with E-state index in [4.69, 9.17) is 4.42 Å². The minimum Gasteiger partial charge on any atom is -0.444 e. The first-order valence-corrected chi connectivity index (χ1v) is 7.41. The third-order valence-electron chi connectivity index (χ3n) is 3.06. The maximum Gasteiger partial charge on any atom is 0.287 e. The van der Waals surface area contributed by atoms with E-state index in [0.29, 0.717) is 11.2 Å². The predicted molar refractivity (Wildman–Crippen MR) is 85.0 cm³/mol. The molecule has 0 saturated carbocycles. The number of carbonyl (C=O) groups excluding carboxylic acids is 1. The molecule has 110 valence electrons. The summed E-state index contributed by atoms with van der Waals surface area (Å²) in [5.74, 6) is -0.00890. The van der Waals surface area contributed by atoms with Crippen molar-refractivity contribution in [3.05, 3.63) is 71.0 Å². The number of rotatable bonds is 4. The van der Waals surface area contributed by atoms with Crippen molar-refractivity contribution in [2.45, 2.75) is 6.54 Å². The van der Waals surface area contributed by atoms with E-state index in [2.05, 4.69) is 31.2 Å². The highest BCUT2D eigenvalue weighted by atomic mass is 79.9. The van der Waals surface area contributed by atoms with Gasteiger partial charge in [0.15, 0.2) is 10.4 Å². The second-order valence-electron chi connectivity index (χ2n) is 4.54. The van der Waals surface area contributed by atoms with E-state index in [9.17, 15) is 4.79 Å². The van der Waals surface area contributed by atoms with Gasteiger partial charge < -0.3 is 9.73 Å². The van der Waals surface area contributed by atoms with Gasteiger partial charge in [0.1, 0.15) is 0 Å². The summed E-state index contributed by atoms with van der Waals surface area (Å²) in [4.78, 5) is 20.5. The van der Waals surface area contributed by atoms with Crippen molar-refractivity contribution in [2.75, 3.05) is 0 Å². The summed E-state index contributed by atoms with van der Waals surface area (Å²) < 4.78 is 5.75. The molecular weight excluding hydrogens is 346 g/mol. The summed E-state index contributed by atoms with van der Waals surface area (Å²) in [5.41, 5.74) is 2.62. The highest BCUT2D eigenvalue weighted by Crippen LogP contribution is 2.20. The molecule has 0 radical (unpaired) electrons. The monoisotopic (exact) mass is 357 g/mol. The Labute approximate surface area is 135 Å². The topological polar surface area (TPSA) is 68.0 Å². The first-order valence-electron chi connectivity index (χ1n) is 6.62. The van der Waals surface area contributed by atoms with E-state index in [-0.39, 0.29) is 11.7 Å². The number of amides is 1. The fourth-order valence-corrected chi connectivity index (χ4v) is 2.35. The van der Waals surface area contributed by atoms with Crippen molar-refractivity contribution in [3.63, 3.8) is 0 Å². The summed E-state index contributed by atoms with van der Waals surface area (Å²) in [6, 6.07) is 10.8. The van der Waals surface area contributed by atoms with Gasteiger partial charge in [0, 0.05) is 30.7 Å². The Morgan fingerprint density at radius 1 is 1.18 bits per heavy atom. The molecule has 3 rings (SSSR count). The number of hydrogen-bond donors (Lipinski definition) is 1. The van der Waals surface area contributed by atoms with Crippen LogP contribution in [0.15, 0.2) is 64.1 Å². The largest absolute Gasteiger partial charge is 0.444 e. The number of hydrogen-bond acceptors (Lipinski definition) is 4. The summed E-state index contributed by atoms with van der Waals surface area (Å²) in [5, 5.41) is 2.82. The van der Waals surface area contributed by atoms with E-state index in [1.807, 2.05) is 24.3 Å². The number of pyridine rings is 2. The Kier molecular flexibility index (Phi) is 4.29. The third kappa shape index (κ3) is 3.23. The molecule has 3 aromatic rings. The van der Waals surface area contributed by atoms with Crippen molar-refractivity contribution in [1.29, 1.82) is 0 Å². The molecule has 0 unspecified atom stereocenters. The van der Waals surface area contributed by atoms with Crippen molar-refractivity contribution in [3.8, 4) is 11.3 Å². The molecule has 5 nitrogen and oxygen atoms in total. The zero-order valence-corrected chi connectivity index (χ0v) is 13.1. The number of nitrogens with zero attached hydrogens (tertiary/aromatic N) is 2. The first kappa shape index (κ1) is 14.5. The Morgan fingerprint density at radius 3 is 2.77 bits per heavy atom. The number of aromatic nitrogens is 2. The minimum absolute atomic E-state index is 0.263. The zero-order valence-electron chi connectivity index (χ0n) is 11.5. The predicted octanol–water partition coefficient (Wildman–Crippen LogP) is 3.43. The molecule has 6 heteroatoms. The molecular formula is C16H12BrN3O2. The van der Waals surface area contributed by atoms with Gasteiger partial charge in [-0.1, -0.05) is 6.07 Å². The first-order chi connectivity index (χ1) is 10.7. The fraction of sp³-hybridized carbons (Fsp3) is 0.0625. The van der Waals surface area contributed by atoms with Crippen LogP contribution in [0.1, 0.15) is 16.1 Å². The van der Waals surface area contributed by atoms with Crippen LogP contribution in [0.3, 0.4) is 0 Å². The van der Waals surface area contributed by atoms with Gasteiger partial charge in [-0.05, 0) is 51.8 Å². The van der Waals surface area contributed by atoms with Crippen LogP contribution < -0.4 is 5.32 Å². The Morgan fingerprint density at radius 2 is 2.05 bits per heavy atom. The van der Waals surface area contributed by atoms with Gasteiger partial charge in [-0.3, -0.25) is 14.8 Å². The SMILES string of the molecule is O=C(NCc1cccnc1-c1cccnc1)c1ccc(Br)o1. The van der Waals surface area contributed by atoms with Gasteiger partial charge in [0.05, 0.1) is 5.69 Å². The quantitative estimate of drug-likeness (QED) is 0.776. The summed E-state index contributed by atoms with van der Waals surface area (Å²) in [6.07, 6.45) is 5.18. The van der Waals surface area contributed by atoms with Crippen molar-refractivity contribution in [1.82, 2.24) is 15.3 Å². The summed E-state index contributed by atoms with van der Waals surface area (Å²) in [7, 11) is 0. The lowest BCUT2D eigenvalue weighted by molar-refractivity contribution is 0.0922. The van der Waals surface area contributed by atoms with Gasteiger partial charge in [-0.15, -0.1) is 0 Å². The fourth-order valence-electron chi connectivity index (χ4n) is 2.04. The molecule has 3 aromatic heterocycles. The lowest BCUT2D eigenvalue weighted by Gasteiger charge is -2.09. The number of carbonyl (C=O) groups is 1. The molecule has 0 spiro atoms. The summed E-state index contributed by atoms with van der Waals surface area (Å²) >= 11 is 3.18. The number of nitrogens with one attached hydrogen (secondary N) is 1. The lowest BCUT2D eigenvalue weighted by Crippen LogP contribution is -2.22. The van der Waals surface area contributed by atoms with Crippen molar-refractivity contribution < 1.29 is 9.21 Å². The van der Waals surface area contributed by atoms with Crippen LogP contribution >= 0.6 is 15.9 Å². The molecule has 0 aliphatic carbocycles. The standard InChI is InChI=1S/C16H12BrN3O2/c17-14-6-5-13(22-14)16(21)20-10-12-4-2-8-19-15(12)11-3-1-7-18-9-11/h1-9H,10H2,(H,20,21). The van der Waals surface area contributed by atoms with Crippen LogP contribution in [-0.4, -0.2) is 15.9 Å². The highest BCUT2D eigenvalue weighted by Gasteiger charge is 2.12. The van der Waals surface area contributed by atoms with Crippen LogP contribution in [0.5, 0.6) is 0 Å². The van der Waals surface area contributed by atoms with Crippen molar-refractivity contribution >= 4 is 21.8 Å². The normalized spacial score (nSPS) is 10.4. The maximum absolute atomic E-state index is 12.0. The maximum atomic E-state index is 12.0. The smallest absolute Gasteiger partial charge is 0.287 e. The number of halogens is 1.